The van der Waals surface area contributed by atoms with Crippen molar-refractivity contribution in [2.45, 2.75) is 40.2 Å². The van der Waals surface area contributed by atoms with Gasteiger partial charge in [0.25, 0.3) is 0 Å². The quantitative estimate of drug-likeness (QED) is 0.680. The van der Waals surface area contributed by atoms with E-state index in [1.54, 1.807) is 13.8 Å². The summed E-state index contributed by atoms with van der Waals surface area (Å²) >= 11 is 0. The zero-order chi connectivity index (χ0) is 12.5. The Morgan fingerprint density at radius 3 is 2.19 bits per heavy atom. The number of amides is 4. The second-order valence-corrected chi connectivity index (χ2v) is 4.05. The fourth-order valence-electron chi connectivity index (χ4n) is 1.75. The molecule has 5 heteroatoms. The van der Waals surface area contributed by atoms with Gasteiger partial charge in [0.1, 0.15) is 5.92 Å². The minimum absolute atomic E-state index is 0.162. The molecule has 1 heterocycles. The van der Waals surface area contributed by atoms with Gasteiger partial charge in [0, 0.05) is 12.6 Å². The Morgan fingerprint density at radius 2 is 1.75 bits per heavy atom. The summed E-state index contributed by atoms with van der Waals surface area (Å²) in [5, 5.41) is 0. The molecule has 5 nitrogen and oxygen atoms in total. The zero-order valence-electron chi connectivity index (χ0n) is 10.2. The van der Waals surface area contributed by atoms with Crippen LogP contribution in [0.2, 0.25) is 0 Å². The first kappa shape index (κ1) is 12.7. The molecule has 1 fully saturated rings. The van der Waals surface area contributed by atoms with E-state index in [2.05, 4.69) is 0 Å². The number of barbiturate groups is 1. The third-order valence-corrected chi connectivity index (χ3v) is 3.03. The lowest BCUT2D eigenvalue weighted by molar-refractivity contribution is -0.149. The van der Waals surface area contributed by atoms with E-state index in [0.29, 0.717) is 13.0 Å². The molecular formula is C11H18N2O3. The van der Waals surface area contributed by atoms with Crippen LogP contribution in [-0.4, -0.2) is 40.2 Å². The van der Waals surface area contributed by atoms with Crippen molar-refractivity contribution < 1.29 is 14.4 Å². The van der Waals surface area contributed by atoms with Crippen molar-refractivity contribution in [3.8, 4) is 0 Å². The largest absolute Gasteiger partial charge is 0.333 e. The average molecular weight is 226 g/mol. The lowest BCUT2D eigenvalue weighted by Crippen LogP contribution is -2.61. The standard InChI is InChI=1S/C11H18N2O3/c1-5-7(3)13-10(15)8(4)9(14)12(6-2)11(13)16/h7-8H,5-6H2,1-4H3. The summed E-state index contributed by atoms with van der Waals surface area (Å²) in [6, 6.07) is -0.644. The number of rotatable bonds is 3. The monoisotopic (exact) mass is 226 g/mol. The van der Waals surface area contributed by atoms with Gasteiger partial charge in [0.2, 0.25) is 11.8 Å². The molecule has 0 aromatic heterocycles. The average Bonchev–Trinajstić information content (AvgIpc) is 2.27. The van der Waals surface area contributed by atoms with Gasteiger partial charge in [-0.15, -0.1) is 0 Å². The van der Waals surface area contributed by atoms with Crippen molar-refractivity contribution in [2.24, 2.45) is 5.92 Å². The number of carbonyl (C=O) groups excluding carboxylic acids is 3. The molecule has 0 spiro atoms. The second kappa shape index (κ2) is 4.63. The van der Waals surface area contributed by atoms with Gasteiger partial charge in [-0.25, -0.2) is 4.79 Å². The highest BCUT2D eigenvalue weighted by Crippen LogP contribution is 2.20. The van der Waals surface area contributed by atoms with Gasteiger partial charge in [-0.1, -0.05) is 6.92 Å². The van der Waals surface area contributed by atoms with E-state index in [9.17, 15) is 14.4 Å². The number of carbonyl (C=O) groups is 3. The Labute approximate surface area is 95.4 Å². The summed E-state index contributed by atoms with van der Waals surface area (Å²) in [7, 11) is 0. The topological polar surface area (TPSA) is 57.7 Å². The van der Waals surface area contributed by atoms with Crippen LogP contribution in [0.25, 0.3) is 0 Å². The fourth-order valence-corrected chi connectivity index (χ4v) is 1.75. The van der Waals surface area contributed by atoms with Gasteiger partial charge in [-0.05, 0) is 27.2 Å². The van der Waals surface area contributed by atoms with Crippen LogP contribution in [0.15, 0.2) is 0 Å². The molecule has 0 bridgehead atoms. The Morgan fingerprint density at radius 1 is 1.19 bits per heavy atom. The zero-order valence-corrected chi connectivity index (χ0v) is 10.2. The minimum atomic E-state index is -0.744. The Hall–Kier alpha value is -1.39. The minimum Gasteiger partial charge on any atom is -0.273 e. The van der Waals surface area contributed by atoms with Crippen LogP contribution in [0.3, 0.4) is 0 Å². The molecule has 1 aliphatic heterocycles. The van der Waals surface area contributed by atoms with Crippen molar-refractivity contribution in [3.63, 3.8) is 0 Å². The van der Waals surface area contributed by atoms with E-state index in [1.807, 2.05) is 13.8 Å². The van der Waals surface area contributed by atoms with Crippen LogP contribution in [0.1, 0.15) is 34.1 Å². The van der Waals surface area contributed by atoms with E-state index in [-0.39, 0.29) is 11.9 Å². The molecule has 16 heavy (non-hydrogen) atoms. The van der Waals surface area contributed by atoms with Crippen LogP contribution in [0, 0.1) is 5.92 Å². The molecule has 90 valence electrons. The summed E-state index contributed by atoms with van der Waals surface area (Å²) in [6.45, 7) is 7.30. The normalized spacial score (nSPS) is 24.0. The Kier molecular flexibility index (Phi) is 3.67. The highest BCUT2D eigenvalue weighted by atomic mass is 16.2. The van der Waals surface area contributed by atoms with Crippen LogP contribution < -0.4 is 0 Å². The van der Waals surface area contributed by atoms with Crippen molar-refractivity contribution >= 4 is 17.8 Å². The molecule has 2 atom stereocenters. The predicted molar refractivity (Wildman–Crippen MR) is 58.5 cm³/mol. The number of hydrogen-bond acceptors (Lipinski definition) is 3. The van der Waals surface area contributed by atoms with Gasteiger partial charge in [-0.3, -0.25) is 19.4 Å². The second-order valence-electron chi connectivity index (χ2n) is 4.05. The molecule has 0 aromatic rings. The Balaban J connectivity index is 3.05. The lowest BCUT2D eigenvalue weighted by Gasteiger charge is -2.38. The van der Waals surface area contributed by atoms with Gasteiger partial charge in [0.15, 0.2) is 0 Å². The lowest BCUT2D eigenvalue weighted by atomic mass is 10.0. The van der Waals surface area contributed by atoms with Crippen LogP contribution in [-0.2, 0) is 9.59 Å². The number of nitrogens with zero attached hydrogens (tertiary/aromatic N) is 2. The molecule has 0 aromatic carbocycles. The fraction of sp³-hybridized carbons (Fsp3) is 0.727. The van der Waals surface area contributed by atoms with Crippen LogP contribution >= 0.6 is 0 Å². The molecule has 0 saturated carbocycles. The predicted octanol–water partition coefficient (Wildman–Crippen LogP) is 1.23. The molecule has 1 saturated heterocycles. The van der Waals surface area contributed by atoms with Crippen LogP contribution in [0.5, 0.6) is 0 Å². The summed E-state index contributed by atoms with van der Waals surface area (Å²) in [5.41, 5.74) is 0. The number of urea groups is 1. The van der Waals surface area contributed by atoms with Gasteiger partial charge in [0.05, 0.1) is 0 Å². The first-order chi connectivity index (χ1) is 7.45. The number of hydrogen-bond donors (Lipinski definition) is 0. The smallest absolute Gasteiger partial charge is 0.273 e. The molecular weight excluding hydrogens is 208 g/mol. The van der Waals surface area contributed by atoms with Gasteiger partial charge < -0.3 is 0 Å². The highest BCUT2D eigenvalue weighted by molar-refractivity contribution is 6.15. The maximum atomic E-state index is 11.9. The molecule has 1 rings (SSSR count). The first-order valence-electron chi connectivity index (χ1n) is 5.64. The molecule has 0 N–H and O–H groups in total. The molecule has 4 amide bonds. The SMILES string of the molecule is CCC(C)N1C(=O)C(C)C(=O)N(CC)C1=O. The molecule has 0 radical (unpaired) electrons. The van der Waals surface area contributed by atoms with Gasteiger partial charge >= 0.3 is 6.03 Å². The van der Waals surface area contributed by atoms with E-state index < -0.39 is 17.9 Å². The van der Waals surface area contributed by atoms with Crippen molar-refractivity contribution in [1.29, 1.82) is 0 Å². The highest BCUT2D eigenvalue weighted by Gasteiger charge is 2.44. The van der Waals surface area contributed by atoms with Crippen molar-refractivity contribution in [3.05, 3.63) is 0 Å². The molecule has 0 aliphatic carbocycles. The third-order valence-electron chi connectivity index (χ3n) is 3.03. The molecule has 1 aliphatic rings. The van der Waals surface area contributed by atoms with Crippen molar-refractivity contribution in [2.75, 3.05) is 6.54 Å². The van der Waals surface area contributed by atoms with Crippen LogP contribution in [0.4, 0.5) is 4.79 Å². The molecule has 2 unspecified atom stereocenters. The van der Waals surface area contributed by atoms with E-state index in [1.165, 1.54) is 4.90 Å². The van der Waals surface area contributed by atoms with E-state index in [0.717, 1.165) is 4.90 Å². The third kappa shape index (κ3) is 1.81. The maximum Gasteiger partial charge on any atom is 0.333 e. The van der Waals surface area contributed by atoms with Gasteiger partial charge in [-0.2, -0.15) is 0 Å². The summed E-state index contributed by atoms with van der Waals surface area (Å²) in [5.74, 6) is -1.52. The number of imide groups is 2. The Bertz CT molecular complexity index is 327. The maximum absolute atomic E-state index is 11.9. The first-order valence-corrected chi connectivity index (χ1v) is 5.64. The summed E-state index contributed by atoms with van der Waals surface area (Å²) < 4.78 is 0. The summed E-state index contributed by atoms with van der Waals surface area (Å²) in [6.07, 6.45) is 0.690. The van der Waals surface area contributed by atoms with E-state index >= 15 is 0 Å². The van der Waals surface area contributed by atoms with Crippen molar-refractivity contribution in [1.82, 2.24) is 9.80 Å². The summed E-state index contributed by atoms with van der Waals surface area (Å²) in [4.78, 5) is 37.8. The van der Waals surface area contributed by atoms with E-state index in [4.69, 9.17) is 0 Å².